The van der Waals surface area contributed by atoms with E-state index in [0.29, 0.717) is 13.0 Å². The van der Waals surface area contributed by atoms with Crippen LogP contribution in [0.25, 0.3) is 10.9 Å². The fourth-order valence-electron chi connectivity index (χ4n) is 2.71. The molecule has 3 aromatic rings. The van der Waals surface area contributed by atoms with Gasteiger partial charge in [-0.1, -0.05) is 42.5 Å². The lowest BCUT2D eigenvalue weighted by molar-refractivity contribution is -0.136. The second kappa shape index (κ2) is 7.62. The van der Waals surface area contributed by atoms with Crippen LogP contribution in [0, 0.1) is 0 Å². The van der Waals surface area contributed by atoms with Crippen LogP contribution >= 0.6 is 0 Å². The number of para-hydroxylation sites is 1. The molecule has 0 amide bonds. The fourth-order valence-corrected chi connectivity index (χ4v) is 2.71. The fraction of sp³-hybridized carbons (Fsp3) is 0.143. The third kappa shape index (κ3) is 4.23. The van der Waals surface area contributed by atoms with Crippen molar-refractivity contribution in [3.8, 4) is 5.75 Å². The highest BCUT2D eigenvalue weighted by atomic mass is 16.5. The van der Waals surface area contributed by atoms with Crippen LogP contribution in [0.15, 0.2) is 67.3 Å². The number of hydrogen-bond donors (Lipinski definition) is 1. The molecule has 0 unspecified atom stereocenters. The number of hydrogen-bond acceptors (Lipinski definition) is 3. The van der Waals surface area contributed by atoms with Crippen molar-refractivity contribution in [3.05, 3.63) is 84.1 Å². The van der Waals surface area contributed by atoms with Crippen molar-refractivity contribution in [3.63, 3.8) is 0 Å². The number of carboxylic acids is 1. The topological polar surface area (TPSA) is 59.4 Å². The van der Waals surface area contributed by atoms with E-state index in [1.54, 1.807) is 12.1 Å². The number of ether oxygens (including phenoxy) is 1. The number of aromatic nitrogens is 1. The average molecular weight is 333 g/mol. The summed E-state index contributed by atoms with van der Waals surface area (Å²) in [5.41, 5.74) is 3.46. The van der Waals surface area contributed by atoms with Crippen molar-refractivity contribution in [1.82, 2.24) is 4.98 Å². The van der Waals surface area contributed by atoms with Crippen LogP contribution in [-0.2, 0) is 24.2 Å². The van der Waals surface area contributed by atoms with E-state index in [9.17, 15) is 4.79 Å². The van der Waals surface area contributed by atoms with Crippen LogP contribution in [0.3, 0.4) is 0 Å². The van der Waals surface area contributed by atoms with Gasteiger partial charge >= 0.3 is 5.97 Å². The Morgan fingerprint density at radius 1 is 1.16 bits per heavy atom. The maximum Gasteiger partial charge on any atom is 0.307 e. The summed E-state index contributed by atoms with van der Waals surface area (Å²) in [6, 6.07) is 17.4. The maximum atomic E-state index is 10.9. The molecule has 2 aromatic carbocycles. The van der Waals surface area contributed by atoms with E-state index in [-0.39, 0.29) is 6.42 Å². The quantitative estimate of drug-likeness (QED) is 0.659. The van der Waals surface area contributed by atoms with Gasteiger partial charge in [-0.25, -0.2) is 4.98 Å². The minimum Gasteiger partial charge on any atom is -0.487 e. The average Bonchev–Trinajstić information content (AvgIpc) is 2.61. The second-order valence-electron chi connectivity index (χ2n) is 5.79. The lowest BCUT2D eigenvalue weighted by atomic mass is 10.0. The molecular formula is C21H19NO3. The van der Waals surface area contributed by atoms with Gasteiger partial charge in [0.1, 0.15) is 12.4 Å². The molecule has 25 heavy (non-hydrogen) atoms. The van der Waals surface area contributed by atoms with Gasteiger partial charge in [0.25, 0.3) is 0 Å². The first kappa shape index (κ1) is 16.7. The highest BCUT2D eigenvalue weighted by Crippen LogP contribution is 2.23. The number of carboxylic acid groups (broad SMARTS) is 1. The first-order chi connectivity index (χ1) is 12.2. The number of aliphatic carboxylic acids is 1. The molecule has 4 heteroatoms. The Labute approximate surface area is 146 Å². The van der Waals surface area contributed by atoms with Crippen LogP contribution in [0.2, 0.25) is 0 Å². The van der Waals surface area contributed by atoms with E-state index in [1.165, 1.54) is 0 Å². The van der Waals surface area contributed by atoms with Gasteiger partial charge in [0, 0.05) is 5.39 Å². The molecule has 0 aliphatic heterocycles. The largest absolute Gasteiger partial charge is 0.487 e. The van der Waals surface area contributed by atoms with Crippen LogP contribution < -0.4 is 4.74 Å². The summed E-state index contributed by atoms with van der Waals surface area (Å²) in [7, 11) is 0. The van der Waals surface area contributed by atoms with Crippen LogP contribution in [-0.4, -0.2) is 16.1 Å². The zero-order valence-corrected chi connectivity index (χ0v) is 13.8. The van der Waals surface area contributed by atoms with Crippen molar-refractivity contribution in [2.75, 3.05) is 0 Å². The number of rotatable bonds is 7. The second-order valence-corrected chi connectivity index (χ2v) is 5.79. The molecule has 0 saturated heterocycles. The van der Waals surface area contributed by atoms with Crippen molar-refractivity contribution < 1.29 is 14.6 Å². The monoisotopic (exact) mass is 333 g/mol. The molecule has 1 N–H and O–H groups in total. The number of benzene rings is 2. The SMILES string of the molecule is C=CCc1cc(CC(=O)O)ccc1OCc1ccc2ccccc2n1. The van der Waals surface area contributed by atoms with E-state index in [4.69, 9.17) is 9.84 Å². The Morgan fingerprint density at radius 2 is 2.00 bits per heavy atom. The van der Waals surface area contributed by atoms with Gasteiger partial charge in [0.15, 0.2) is 0 Å². The molecule has 0 aliphatic rings. The van der Waals surface area contributed by atoms with Gasteiger partial charge in [0.05, 0.1) is 17.6 Å². The van der Waals surface area contributed by atoms with Crippen LogP contribution in [0.5, 0.6) is 5.75 Å². The smallest absolute Gasteiger partial charge is 0.307 e. The zero-order valence-electron chi connectivity index (χ0n) is 13.8. The number of nitrogens with zero attached hydrogens (tertiary/aromatic N) is 1. The normalized spacial score (nSPS) is 10.6. The molecule has 0 fully saturated rings. The highest BCUT2D eigenvalue weighted by molar-refractivity contribution is 5.78. The zero-order chi connectivity index (χ0) is 17.6. The van der Waals surface area contributed by atoms with Crippen molar-refractivity contribution in [2.24, 2.45) is 0 Å². The van der Waals surface area contributed by atoms with Gasteiger partial charge in [-0.2, -0.15) is 0 Å². The molecule has 0 spiro atoms. The van der Waals surface area contributed by atoms with Gasteiger partial charge < -0.3 is 9.84 Å². The summed E-state index contributed by atoms with van der Waals surface area (Å²) in [6.07, 6.45) is 2.39. The van der Waals surface area contributed by atoms with E-state index < -0.39 is 5.97 Å². The summed E-state index contributed by atoms with van der Waals surface area (Å²) in [6.45, 7) is 4.11. The number of allylic oxidation sites excluding steroid dienone is 1. The minimum atomic E-state index is -0.849. The predicted octanol–water partition coefficient (Wildman–Crippen LogP) is 4.17. The van der Waals surface area contributed by atoms with Gasteiger partial charge in [-0.05, 0) is 35.7 Å². The van der Waals surface area contributed by atoms with Gasteiger partial charge in [-0.15, -0.1) is 6.58 Å². The Kier molecular flexibility index (Phi) is 5.09. The lowest BCUT2D eigenvalue weighted by Crippen LogP contribution is -2.03. The van der Waals surface area contributed by atoms with Crippen LogP contribution in [0.1, 0.15) is 16.8 Å². The maximum absolute atomic E-state index is 10.9. The Morgan fingerprint density at radius 3 is 2.80 bits per heavy atom. The van der Waals surface area contributed by atoms with Gasteiger partial charge in [0.2, 0.25) is 0 Å². The molecule has 0 aliphatic carbocycles. The molecule has 1 aromatic heterocycles. The molecular weight excluding hydrogens is 314 g/mol. The van der Waals surface area contributed by atoms with E-state index in [2.05, 4.69) is 11.6 Å². The summed E-state index contributed by atoms with van der Waals surface area (Å²) < 4.78 is 5.93. The standard InChI is InChI=1S/C21H19NO3/c1-2-5-17-12-15(13-21(23)24)8-11-20(17)25-14-18-10-9-16-6-3-4-7-19(16)22-18/h2-4,6-12H,1,5,13-14H2,(H,23,24). The minimum absolute atomic E-state index is 0.00332. The van der Waals surface area contributed by atoms with E-state index in [1.807, 2.05) is 48.5 Å². The van der Waals surface area contributed by atoms with E-state index in [0.717, 1.165) is 33.5 Å². The lowest BCUT2D eigenvalue weighted by Gasteiger charge is -2.12. The summed E-state index contributed by atoms with van der Waals surface area (Å²) >= 11 is 0. The third-order valence-corrected chi connectivity index (χ3v) is 3.88. The van der Waals surface area contributed by atoms with Crippen LogP contribution in [0.4, 0.5) is 0 Å². The van der Waals surface area contributed by atoms with Crippen molar-refractivity contribution in [2.45, 2.75) is 19.4 Å². The molecule has 4 nitrogen and oxygen atoms in total. The Balaban J connectivity index is 1.78. The summed E-state index contributed by atoms with van der Waals surface area (Å²) in [5.74, 6) is -0.123. The third-order valence-electron chi connectivity index (χ3n) is 3.88. The molecule has 3 rings (SSSR count). The predicted molar refractivity (Wildman–Crippen MR) is 97.8 cm³/mol. The number of fused-ring (bicyclic) bond motifs is 1. The van der Waals surface area contributed by atoms with Crippen molar-refractivity contribution in [1.29, 1.82) is 0 Å². The van der Waals surface area contributed by atoms with E-state index >= 15 is 0 Å². The summed E-state index contributed by atoms with van der Waals surface area (Å²) in [4.78, 5) is 15.5. The molecule has 126 valence electrons. The molecule has 0 saturated carbocycles. The molecule has 0 bridgehead atoms. The summed E-state index contributed by atoms with van der Waals surface area (Å²) in [5, 5.41) is 10.0. The highest BCUT2D eigenvalue weighted by Gasteiger charge is 2.08. The Hall–Kier alpha value is -3.14. The number of pyridine rings is 1. The first-order valence-corrected chi connectivity index (χ1v) is 8.07. The number of carbonyl (C=O) groups is 1. The molecule has 0 radical (unpaired) electrons. The first-order valence-electron chi connectivity index (χ1n) is 8.07. The van der Waals surface area contributed by atoms with Crippen molar-refractivity contribution >= 4 is 16.9 Å². The molecule has 1 heterocycles. The Bertz CT molecular complexity index is 918. The van der Waals surface area contributed by atoms with Gasteiger partial charge in [-0.3, -0.25) is 4.79 Å². The molecule has 0 atom stereocenters.